The van der Waals surface area contributed by atoms with Gasteiger partial charge in [-0.2, -0.15) is 0 Å². The minimum absolute atomic E-state index is 0.165. The number of nitrogens with zero attached hydrogens (tertiary/aromatic N) is 1. The second-order valence-electron chi connectivity index (χ2n) is 5.05. The molecule has 0 aromatic rings. The number of nitrogens with one attached hydrogen (secondary N) is 2. The van der Waals surface area contributed by atoms with Crippen LogP contribution >= 0.6 is 47.0 Å². The zero-order valence-corrected chi connectivity index (χ0v) is 15.6. The van der Waals surface area contributed by atoms with E-state index in [0.29, 0.717) is 37.8 Å². The number of thiocarbonyl (C=S) groups is 1. The number of ether oxygens (including phenoxy) is 1. The van der Waals surface area contributed by atoms with E-state index in [1.54, 1.807) is 0 Å². The van der Waals surface area contributed by atoms with Crippen molar-refractivity contribution in [1.29, 1.82) is 0 Å². The van der Waals surface area contributed by atoms with Gasteiger partial charge in [0.2, 0.25) is 9.70 Å². The summed E-state index contributed by atoms with van der Waals surface area (Å²) in [5.41, 5.74) is 0. The number of hydrogen-bond acceptors (Lipinski definition) is 3. The molecular formula is C13H22Cl3N3O2S. The van der Waals surface area contributed by atoms with Crippen molar-refractivity contribution in [2.45, 2.75) is 42.6 Å². The van der Waals surface area contributed by atoms with Gasteiger partial charge in [0, 0.05) is 19.5 Å². The molecule has 2 N–H and O–H groups in total. The number of alkyl halides is 3. The Labute approximate surface area is 152 Å². The van der Waals surface area contributed by atoms with Crippen LogP contribution < -0.4 is 10.6 Å². The molecular weight excluding hydrogens is 369 g/mol. The molecule has 22 heavy (non-hydrogen) atoms. The number of halogens is 3. The van der Waals surface area contributed by atoms with Crippen LogP contribution in [0, 0.1) is 0 Å². The molecule has 0 bridgehead atoms. The molecule has 0 aliphatic carbocycles. The average molecular weight is 391 g/mol. The largest absolute Gasteiger partial charge is 0.378 e. The quantitative estimate of drug-likeness (QED) is 0.316. The Morgan fingerprint density at radius 3 is 2.45 bits per heavy atom. The molecule has 0 radical (unpaired) electrons. The van der Waals surface area contributed by atoms with E-state index in [4.69, 9.17) is 51.8 Å². The molecule has 9 heteroatoms. The summed E-state index contributed by atoms with van der Waals surface area (Å²) in [6.07, 6.45) is 2.37. The number of carbonyl (C=O) groups excluding carboxylic acids is 1. The molecule has 1 atom stereocenters. The standard InChI is InChI=1S/C13H22Cl3N3O2S/c1-2-3-4-5-10(20)17-11(13(14,15)16)18-12(22)19-6-8-21-9-7-19/h11H,2-9H2,1H3,(H,17,20)(H,18,22)/t11-/m1/s1. The molecule has 0 aromatic carbocycles. The topological polar surface area (TPSA) is 53.6 Å². The lowest BCUT2D eigenvalue weighted by Gasteiger charge is -2.34. The highest BCUT2D eigenvalue weighted by atomic mass is 35.6. The van der Waals surface area contributed by atoms with Gasteiger partial charge in [0.1, 0.15) is 6.17 Å². The van der Waals surface area contributed by atoms with Crippen LogP contribution in [0.5, 0.6) is 0 Å². The van der Waals surface area contributed by atoms with Crippen LogP contribution in [0.25, 0.3) is 0 Å². The highest BCUT2D eigenvalue weighted by Crippen LogP contribution is 2.29. The highest BCUT2D eigenvalue weighted by molar-refractivity contribution is 7.80. The number of unbranched alkanes of at least 4 members (excludes halogenated alkanes) is 2. The van der Waals surface area contributed by atoms with Crippen LogP contribution in [0.4, 0.5) is 0 Å². The predicted molar refractivity (Wildman–Crippen MR) is 94.5 cm³/mol. The molecule has 0 spiro atoms. The third-order valence-electron chi connectivity index (χ3n) is 3.21. The Bertz CT molecular complexity index is 374. The maximum absolute atomic E-state index is 11.9. The van der Waals surface area contributed by atoms with Crippen molar-refractivity contribution in [1.82, 2.24) is 15.5 Å². The molecule has 1 rings (SSSR count). The summed E-state index contributed by atoms with van der Waals surface area (Å²) >= 11 is 23.1. The number of hydrogen-bond donors (Lipinski definition) is 2. The first kappa shape index (κ1) is 20.0. The summed E-state index contributed by atoms with van der Waals surface area (Å²) in [6, 6.07) is 0. The van der Waals surface area contributed by atoms with Crippen molar-refractivity contribution in [2.24, 2.45) is 0 Å². The van der Waals surface area contributed by atoms with Crippen LogP contribution in [-0.2, 0) is 9.53 Å². The summed E-state index contributed by atoms with van der Waals surface area (Å²) in [4.78, 5) is 13.9. The average Bonchev–Trinajstić information content (AvgIpc) is 2.46. The molecule has 0 saturated carbocycles. The Morgan fingerprint density at radius 2 is 1.91 bits per heavy atom. The van der Waals surface area contributed by atoms with Crippen molar-refractivity contribution in [3.05, 3.63) is 0 Å². The zero-order valence-electron chi connectivity index (χ0n) is 12.5. The SMILES string of the molecule is CCCCCC(=O)N[C@H](NC(=S)N1CCOCC1)C(Cl)(Cl)Cl. The van der Waals surface area contributed by atoms with E-state index in [1.807, 2.05) is 4.90 Å². The maximum atomic E-state index is 11.9. The van der Waals surface area contributed by atoms with Crippen LogP contribution in [-0.4, -0.2) is 52.2 Å². The van der Waals surface area contributed by atoms with Crippen molar-refractivity contribution < 1.29 is 9.53 Å². The first-order valence-corrected chi connectivity index (χ1v) is 8.88. The van der Waals surface area contributed by atoms with E-state index in [0.717, 1.165) is 19.3 Å². The molecule has 1 aliphatic rings. The van der Waals surface area contributed by atoms with Crippen LogP contribution in [0.2, 0.25) is 0 Å². The predicted octanol–water partition coefficient (Wildman–Crippen LogP) is 2.59. The monoisotopic (exact) mass is 389 g/mol. The molecule has 5 nitrogen and oxygen atoms in total. The van der Waals surface area contributed by atoms with Gasteiger partial charge in [-0.3, -0.25) is 4.79 Å². The molecule has 1 amide bonds. The lowest BCUT2D eigenvalue weighted by Crippen LogP contribution is -2.59. The van der Waals surface area contributed by atoms with Gasteiger partial charge in [-0.25, -0.2) is 0 Å². The molecule has 1 aliphatic heterocycles. The van der Waals surface area contributed by atoms with E-state index < -0.39 is 9.96 Å². The third kappa shape index (κ3) is 7.51. The van der Waals surface area contributed by atoms with Gasteiger partial charge in [0.25, 0.3) is 0 Å². The van der Waals surface area contributed by atoms with Crippen LogP contribution in [0.1, 0.15) is 32.6 Å². The molecule has 0 unspecified atom stereocenters. The van der Waals surface area contributed by atoms with Crippen molar-refractivity contribution >= 4 is 58.0 Å². The van der Waals surface area contributed by atoms with E-state index in [1.165, 1.54) is 0 Å². The molecule has 128 valence electrons. The van der Waals surface area contributed by atoms with E-state index >= 15 is 0 Å². The summed E-state index contributed by atoms with van der Waals surface area (Å²) in [7, 11) is 0. The molecule has 1 heterocycles. The van der Waals surface area contributed by atoms with Gasteiger partial charge in [0.15, 0.2) is 5.11 Å². The fourth-order valence-electron chi connectivity index (χ4n) is 1.95. The Hall–Kier alpha value is -0.0100. The Kier molecular flexibility index (Phi) is 9.09. The van der Waals surface area contributed by atoms with Crippen molar-refractivity contribution in [3.8, 4) is 0 Å². The summed E-state index contributed by atoms with van der Waals surface area (Å²) < 4.78 is 3.57. The fraction of sp³-hybridized carbons (Fsp3) is 0.846. The van der Waals surface area contributed by atoms with Gasteiger partial charge in [-0.1, -0.05) is 54.6 Å². The number of rotatable bonds is 6. The van der Waals surface area contributed by atoms with Gasteiger partial charge in [-0.15, -0.1) is 0 Å². The van der Waals surface area contributed by atoms with Gasteiger partial charge in [0.05, 0.1) is 13.2 Å². The summed E-state index contributed by atoms with van der Waals surface area (Å²) in [5.74, 6) is -0.165. The second-order valence-corrected chi connectivity index (χ2v) is 7.80. The number of carbonyl (C=O) groups is 1. The van der Waals surface area contributed by atoms with E-state index in [2.05, 4.69) is 17.6 Å². The third-order valence-corrected chi connectivity index (χ3v) is 4.24. The first-order valence-electron chi connectivity index (χ1n) is 7.34. The van der Waals surface area contributed by atoms with Crippen LogP contribution in [0.15, 0.2) is 0 Å². The van der Waals surface area contributed by atoms with Crippen molar-refractivity contribution in [3.63, 3.8) is 0 Å². The lowest BCUT2D eigenvalue weighted by atomic mass is 10.2. The fourth-order valence-corrected chi connectivity index (χ4v) is 2.58. The molecule has 0 aromatic heterocycles. The zero-order chi connectivity index (χ0) is 16.6. The van der Waals surface area contributed by atoms with E-state index in [-0.39, 0.29) is 5.91 Å². The Morgan fingerprint density at radius 1 is 1.27 bits per heavy atom. The van der Waals surface area contributed by atoms with Gasteiger partial charge in [-0.05, 0) is 18.6 Å². The smallest absolute Gasteiger partial charge is 0.228 e. The second kappa shape index (κ2) is 9.98. The summed E-state index contributed by atoms with van der Waals surface area (Å²) in [5, 5.41) is 6.05. The lowest BCUT2D eigenvalue weighted by molar-refractivity contribution is -0.122. The minimum Gasteiger partial charge on any atom is -0.378 e. The van der Waals surface area contributed by atoms with Crippen molar-refractivity contribution in [2.75, 3.05) is 26.3 Å². The van der Waals surface area contributed by atoms with Gasteiger partial charge >= 0.3 is 0 Å². The molecule has 1 fully saturated rings. The van der Waals surface area contributed by atoms with E-state index in [9.17, 15) is 4.79 Å². The number of morpholine rings is 1. The number of amides is 1. The van der Waals surface area contributed by atoms with Gasteiger partial charge < -0.3 is 20.3 Å². The Balaban J connectivity index is 2.53. The maximum Gasteiger partial charge on any atom is 0.228 e. The first-order chi connectivity index (χ1) is 10.3. The minimum atomic E-state index is -1.70. The highest BCUT2D eigenvalue weighted by Gasteiger charge is 2.35. The molecule has 1 saturated heterocycles. The van der Waals surface area contributed by atoms with Crippen LogP contribution in [0.3, 0.4) is 0 Å². The normalized spacial score (nSPS) is 17.0. The summed E-state index contributed by atoms with van der Waals surface area (Å²) in [6.45, 7) is 4.61.